The highest BCUT2D eigenvalue weighted by atomic mass is 19.4. The van der Waals surface area contributed by atoms with Crippen LogP contribution in [0.2, 0.25) is 0 Å². The Hall–Kier alpha value is -1.56. The molecule has 0 heterocycles. The van der Waals surface area contributed by atoms with Gasteiger partial charge in [0.05, 0.1) is 0 Å². The summed E-state index contributed by atoms with van der Waals surface area (Å²) in [6, 6.07) is 9.01. The van der Waals surface area contributed by atoms with E-state index in [1.165, 1.54) is 14.0 Å². The van der Waals surface area contributed by atoms with Crippen molar-refractivity contribution in [1.82, 2.24) is 4.90 Å². The Balaban J connectivity index is 2.90. The fourth-order valence-electron chi connectivity index (χ4n) is 2.25. The van der Waals surface area contributed by atoms with Crippen molar-refractivity contribution >= 4 is 5.97 Å². The number of hydrogen-bond acceptors (Lipinski definition) is 2. The zero-order valence-electron chi connectivity index (χ0n) is 11.4. The number of nitrogens with zero attached hydrogens (tertiary/aromatic N) is 1. The van der Waals surface area contributed by atoms with Crippen LogP contribution in [0.25, 0.3) is 0 Å². The quantitative estimate of drug-likeness (QED) is 0.875. The molecule has 1 atom stereocenters. The molecule has 0 fully saturated rings. The SMILES string of the molecule is CCC(C(=O)O)(N(C)CCc1ccccc1)C(F)(F)F. The van der Waals surface area contributed by atoms with E-state index in [0.29, 0.717) is 6.42 Å². The molecular weight excluding hydrogens is 271 g/mol. The molecule has 6 heteroatoms. The van der Waals surface area contributed by atoms with Gasteiger partial charge in [-0.1, -0.05) is 37.3 Å². The molecule has 0 aliphatic rings. The Bertz CT molecular complexity index is 447. The van der Waals surface area contributed by atoms with Gasteiger partial charge < -0.3 is 5.11 Å². The number of rotatable bonds is 6. The third-order valence-corrected chi connectivity index (χ3v) is 3.56. The maximum absolute atomic E-state index is 13.2. The van der Waals surface area contributed by atoms with E-state index in [4.69, 9.17) is 5.11 Å². The number of hydrogen-bond donors (Lipinski definition) is 1. The molecule has 0 aliphatic carbocycles. The standard InChI is InChI=1S/C14H18F3NO2/c1-3-13(12(19)20,14(15,16)17)18(2)10-9-11-7-5-4-6-8-11/h4-8H,3,9-10H2,1-2H3,(H,19,20). The van der Waals surface area contributed by atoms with Gasteiger partial charge in [-0.25, -0.2) is 4.79 Å². The predicted molar refractivity (Wildman–Crippen MR) is 69.5 cm³/mol. The van der Waals surface area contributed by atoms with E-state index in [9.17, 15) is 18.0 Å². The lowest BCUT2D eigenvalue weighted by atomic mass is 9.93. The van der Waals surface area contributed by atoms with Gasteiger partial charge in [-0.3, -0.25) is 4.90 Å². The topological polar surface area (TPSA) is 40.5 Å². The van der Waals surface area contributed by atoms with Crippen LogP contribution in [0.3, 0.4) is 0 Å². The van der Waals surface area contributed by atoms with Crippen molar-refractivity contribution in [2.45, 2.75) is 31.5 Å². The minimum Gasteiger partial charge on any atom is -0.480 e. The summed E-state index contributed by atoms with van der Waals surface area (Å²) in [7, 11) is 1.20. The molecular formula is C14H18F3NO2. The minimum absolute atomic E-state index is 0.0175. The maximum Gasteiger partial charge on any atom is 0.417 e. The summed E-state index contributed by atoms with van der Waals surface area (Å²) in [4.78, 5) is 12.1. The lowest BCUT2D eigenvalue weighted by Crippen LogP contribution is -2.62. The van der Waals surface area contributed by atoms with Gasteiger partial charge in [0.25, 0.3) is 0 Å². The van der Waals surface area contributed by atoms with E-state index in [1.807, 2.05) is 6.07 Å². The molecule has 1 N–H and O–H groups in total. The number of carboxylic acids is 1. The van der Waals surface area contributed by atoms with Gasteiger partial charge in [0.2, 0.25) is 5.54 Å². The van der Waals surface area contributed by atoms with Gasteiger partial charge in [0.1, 0.15) is 0 Å². The van der Waals surface area contributed by atoms with Gasteiger partial charge >= 0.3 is 12.1 Å². The molecule has 0 radical (unpaired) electrons. The second-order valence-corrected chi connectivity index (χ2v) is 4.67. The Kier molecular flexibility index (Phi) is 5.16. The summed E-state index contributed by atoms with van der Waals surface area (Å²) >= 11 is 0. The Morgan fingerprint density at radius 3 is 2.20 bits per heavy atom. The van der Waals surface area contributed by atoms with Crippen LogP contribution in [-0.2, 0) is 11.2 Å². The molecule has 1 rings (SSSR count). The average Bonchev–Trinajstić information content (AvgIpc) is 2.37. The highest BCUT2D eigenvalue weighted by Crippen LogP contribution is 2.38. The summed E-state index contributed by atoms with van der Waals surface area (Å²) < 4.78 is 39.5. The van der Waals surface area contributed by atoms with Crippen LogP contribution in [0, 0.1) is 0 Å². The van der Waals surface area contributed by atoms with Gasteiger partial charge in [-0.2, -0.15) is 13.2 Å². The van der Waals surface area contributed by atoms with Crippen molar-refractivity contribution in [3.8, 4) is 0 Å². The molecule has 20 heavy (non-hydrogen) atoms. The van der Waals surface area contributed by atoms with Crippen LogP contribution < -0.4 is 0 Å². The molecule has 0 saturated carbocycles. The molecule has 1 unspecified atom stereocenters. The lowest BCUT2D eigenvalue weighted by Gasteiger charge is -2.38. The largest absolute Gasteiger partial charge is 0.480 e. The van der Waals surface area contributed by atoms with E-state index >= 15 is 0 Å². The summed E-state index contributed by atoms with van der Waals surface area (Å²) in [5.41, 5.74) is -1.96. The Morgan fingerprint density at radius 1 is 1.25 bits per heavy atom. The monoisotopic (exact) mass is 289 g/mol. The fourth-order valence-corrected chi connectivity index (χ4v) is 2.25. The molecule has 1 aromatic rings. The molecule has 0 saturated heterocycles. The lowest BCUT2D eigenvalue weighted by molar-refractivity contribution is -0.235. The van der Waals surface area contributed by atoms with Crippen LogP contribution in [0.15, 0.2) is 30.3 Å². The first-order valence-electron chi connectivity index (χ1n) is 6.31. The van der Waals surface area contributed by atoms with Crippen LogP contribution in [0.1, 0.15) is 18.9 Å². The van der Waals surface area contributed by atoms with E-state index < -0.39 is 24.1 Å². The van der Waals surface area contributed by atoms with Crippen LogP contribution in [0.4, 0.5) is 13.2 Å². The Morgan fingerprint density at radius 2 is 1.80 bits per heavy atom. The molecule has 0 aliphatic heterocycles. The zero-order valence-corrected chi connectivity index (χ0v) is 11.4. The van der Waals surface area contributed by atoms with Crippen LogP contribution in [0.5, 0.6) is 0 Å². The zero-order chi connectivity index (χ0) is 15.4. The predicted octanol–water partition coefficient (Wildman–Crippen LogP) is 2.96. The summed E-state index contributed by atoms with van der Waals surface area (Å²) in [6.45, 7) is 1.25. The first kappa shape index (κ1) is 16.5. The number of benzene rings is 1. The number of aliphatic carboxylic acids is 1. The van der Waals surface area contributed by atoms with Crippen molar-refractivity contribution in [1.29, 1.82) is 0 Å². The van der Waals surface area contributed by atoms with E-state index in [0.717, 1.165) is 10.5 Å². The highest BCUT2D eigenvalue weighted by Gasteiger charge is 2.62. The van der Waals surface area contributed by atoms with Gasteiger partial charge in [0, 0.05) is 6.54 Å². The summed E-state index contributed by atoms with van der Waals surface area (Å²) in [5, 5.41) is 9.07. The Labute approximate surface area is 116 Å². The second kappa shape index (κ2) is 6.26. The van der Waals surface area contributed by atoms with Crippen molar-refractivity contribution in [2.24, 2.45) is 0 Å². The van der Waals surface area contributed by atoms with Gasteiger partial charge in [0.15, 0.2) is 0 Å². The number of alkyl halides is 3. The number of halogens is 3. The average molecular weight is 289 g/mol. The summed E-state index contributed by atoms with van der Waals surface area (Å²) in [6.07, 6.45) is -4.99. The second-order valence-electron chi connectivity index (χ2n) is 4.67. The third-order valence-electron chi connectivity index (χ3n) is 3.56. The minimum atomic E-state index is -4.82. The van der Waals surface area contributed by atoms with Gasteiger partial charge in [-0.05, 0) is 25.5 Å². The van der Waals surface area contributed by atoms with Crippen molar-refractivity contribution < 1.29 is 23.1 Å². The van der Waals surface area contributed by atoms with Crippen molar-refractivity contribution in [3.05, 3.63) is 35.9 Å². The molecule has 0 spiro atoms. The fraction of sp³-hybridized carbons (Fsp3) is 0.500. The normalized spacial score (nSPS) is 15.1. The number of carboxylic acid groups (broad SMARTS) is 1. The van der Waals surface area contributed by atoms with Crippen LogP contribution >= 0.6 is 0 Å². The molecule has 0 amide bonds. The van der Waals surface area contributed by atoms with Crippen LogP contribution in [-0.4, -0.2) is 41.3 Å². The number of likely N-dealkylation sites (N-methyl/N-ethyl adjacent to an activating group) is 1. The molecule has 1 aromatic carbocycles. The molecule has 0 aromatic heterocycles. The van der Waals surface area contributed by atoms with Crippen molar-refractivity contribution in [3.63, 3.8) is 0 Å². The first-order chi connectivity index (χ1) is 9.25. The number of carbonyl (C=O) groups is 1. The van der Waals surface area contributed by atoms with E-state index in [-0.39, 0.29) is 6.54 Å². The highest BCUT2D eigenvalue weighted by molar-refractivity contribution is 5.80. The molecule has 0 bridgehead atoms. The van der Waals surface area contributed by atoms with E-state index in [1.54, 1.807) is 24.3 Å². The van der Waals surface area contributed by atoms with Gasteiger partial charge in [-0.15, -0.1) is 0 Å². The molecule has 3 nitrogen and oxygen atoms in total. The summed E-state index contributed by atoms with van der Waals surface area (Å²) in [5.74, 6) is -1.86. The van der Waals surface area contributed by atoms with Crippen molar-refractivity contribution in [2.75, 3.05) is 13.6 Å². The smallest absolute Gasteiger partial charge is 0.417 e. The maximum atomic E-state index is 13.2. The molecule has 112 valence electrons. The first-order valence-corrected chi connectivity index (χ1v) is 6.31. The third kappa shape index (κ3) is 3.12. The van der Waals surface area contributed by atoms with E-state index in [2.05, 4.69) is 0 Å².